The van der Waals surface area contributed by atoms with Gasteiger partial charge in [-0.15, -0.1) is 0 Å². The molecule has 0 aromatic carbocycles. The lowest BCUT2D eigenvalue weighted by Crippen LogP contribution is -2.40. The van der Waals surface area contributed by atoms with Crippen LogP contribution in [0.25, 0.3) is 0 Å². The molecule has 2 rings (SSSR count). The van der Waals surface area contributed by atoms with Gasteiger partial charge in [0.2, 0.25) is 0 Å². The molecule has 0 spiro atoms. The summed E-state index contributed by atoms with van der Waals surface area (Å²) < 4.78 is 4.71. The number of methoxy groups -OCH3 is 1. The lowest BCUT2D eigenvalue weighted by Gasteiger charge is -2.30. The van der Waals surface area contributed by atoms with Crippen LogP contribution >= 0.6 is 0 Å². The fourth-order valence-electron chi connectivity index (χ4n) is 2.24. The highest BCUT2D eigenvalue weighted by Crippen LogP contribution is 2.22. The summed E-state index contributed by atoms with van der Waals surface area (Å²) in [6, 6.07) is 0. The molecule has 3 N–H and O–H groups in total. The van der Waals surface area contributed by atoms with E-state index < -0.39 is 0 Å². The van der Waals surface area contributed by atoms with E-state index in [1.165, 1.54) is 7.11 Å². The summed E-state index contributed by atoms with van der Waals surface area (Å²) in [6.07, 6.45) is 1.23. The monoisotopic (exact) mass is 266 g/mol. The van der Waals surface area contributed by atoms with Gasteiger partial charge in [0, 0.05) is 13.1 Å². The van der Waals surface area contributed by atoms with Gasteiger partial charge in [-0.1, -0.05) is 0 Å². The second kappa shape index (κ2) is 5.29. The van der Waals surface area contributed by atoms with Crippen molar-refractivity contribution in [3.63, 3.8) is 0 Å². The molecule has 0 aliphatic carbocycles. The number of anilines is 1. The van der Waals surface area contributed by atoms with E-state index in [0.717, 1.165) is 0 Å². The quantitative estimate of drug-likeness (QED) is 0.751. The number of nitrogens with two attached hydrogens (primary N) is 1. The molecule has 0 bridgehead atoms. The molecule has 0 radical (unpaired) electrons. The molecular formula is C12H18N4O3. The van der Waals surface area contributed by atoms with E-state index in [1.807, 2.05) is 0 Å². The Hall–Kier alpha value is -2.05. The third kappa shape index (κ3) is 2.54. The number of nitrogens with zero attached hydrogens (tertiary/aromatic N) is 2. The molecular weight excluding hydrogens is 248 g/mol. The highest BCUT2D eigenvalue weighted by Gasteiger charge is 2.30. The van der Waals surface area contributed by atoms with Gasteiger partial charge in [0.15, 0.2) is 5.69 Å². The summed E-state index contributed by atoms with van der Waals surface area (Å²) >= 11 is 0. The van der Waals surface area contributed by atoms with Crippen LogP contribution in [0.3, 0.4) is 0 Å². The van der Waals surface area contributed by atoms with Gasteiger partial charge in [-0.2, -0.15) is 5.10 Å². The van der Waals surface area contributed by atoms with Crippen molar-refractivity contribution in [2.45, 2.75) is 19.8 Å². The molecule has 0 unspecified atom stereocenters. The highest BCUT2D eigenvalue weighted by molar-refractivity contribution is 5.97. The number of nitrogen functional groups attached to an aromatic ring is 1. The molecule has 1 aromatic rings. The Bertz CT molecular complexity index is 489. The Morgan fingerprint density at radius 2 is 2.05 bits per heavy atom. The molecule has 1 saturated heterocycles. The standard InChI is InChI=1S/C12H18N4O3/c1-7-9(13)10(15-14-7)11(17)16-5-3-8(4-6-16)12(18)19-2/h8H,3-6,13H2,1-2H3,(H,14,15). The van der Waals surface area contributed by atoms with Gasteiger partial charge in [-0.05, 0) is 19.8 Å². The number of nitrogens with one attached hydrogen (secondary N) is 1. The topological polar surface area (TPSA) is 101 Å². The first-order chi connectivity index (χ1) is 9.04. The van der Waals surface area contributed by atoms with Crippen LogP contribution in [0.15, 0.2) is 0 Å². The van der Waals surface area contributed by atoms with Crippen LogP contribution in [-0.4, -0.2) is 47.2 Å². The first kappa shape index (κ1) is 13.4. The summed E-state index contributed by atoms with van der Waals surface area (Å²) in [5, 5.41) is 6.62. The zero-order valence-electron chi connectivity index (χ0n) is 11.1. The van der Waals surface area contributed by atoms with Crippen molar-refractivity contribution in [1.29, 1.82) is 0 Å². The number of aryl methyl sites for hydroxylation is 1. The molecule has 1 amide bonds. The number of piperidine rings is 1. The third-order valence-corrected chi connectivity index (χ3v) is 3.51. The third-order valence-electron chi connectivity index (χ3n) is 3.51. The molecule has 0 atom stereocenters. The van der Waals surface area contributed by atoms with Gasteiger partial charge >= 0.3 is 5.97 Å². The molecule has 7 heteroatoms. The van der Waals surface area contributed by atoms with E-state index in [2.05, 4.69) is 10.2 Å². The van der Waals surface area contributed by atoms with Gasteiger partial charge in [0.05, 0.1) is 24.4 Å². The first-order valence-corrected chi connectivity index (χ1v) is 6.22. The predicted molar refractivity (Wildman–Crippen MR) is 68.4 cm³/mol. The minimum Gasteiger partial charge on any atom is -0.469 e. The van der Waals surface area contributed by atoms with Gasteiger partial charge in [-0.25, -0.2) is 0 Å². The minimum absolute atomic E-state index is 0.118. The Morgan fingerprint density at radius 1 is 1.42 bits per heavy atom. The minimum atomic E-state index is -0.206. The number of H-pyrrole nitrogens is 1. The highest BCUT2D eigenvalue weighted by atomic mass is 16.5. The average molecular weight is 266 g/mol. The van der Waals surface area contributed by atoms with Gasteiger partial charge < -0.3 is 15.4 Å². The molecule has 7 nitrogen and oxygen atoms in total. The van der Waals surface area contributed by atoms with Crippen LogP contribution in [0.5, 0.6) is 0 Å². The number of hydrogen-bond donors (Lipinski definition) is 2. The van der Waals surface area contributed by atoms with Crippen molar-refractivity contribution < 1.29 is 14.3 Å². The molecule has 1 aromatic heterocycles. The lowest BCUT2D eigenvalue weighted by atomic mass is 9.97. The number of amides is 1. The van der Waals surface area contributed by atoms with Gasteiger partial charge in [0.25, 0.3) is 5.91 Å². The fraction of sp³-hybridized carbons (Fsp3) is 0.583. The van der Waals surface area contributed by atoms with Crippen LogP contribution in [0, 0.1) is 12.8 Å². The summed E-state index contributed by atoms with van der Waals surface area (Å²) in [6.45, 7) is 2.80. The van der Waals surface area contributed by atoms with Crippen LogP contribution in [0.2, 0.25) is 0 Å². The number of hydrogen-bond acceptors (Lipinski definition) is 5. The summed E-state index contributed by atoms with van der Waals surface area (Å²) in [7, 11) is 1.38. The van der Waals surface area contributed by atoms with Crippen LogP contribution in [0.1, 0.15) is 29.0 Å². The molecule has 19 heavy (non-hydrogen) atoms. The fourth-order valence-corrected chi connectivity index (χ4v) is 2.24. The van der Waals surface area contributed by atoms with E-state index >= 15 is 0 Å². The number of esters is 1. The van der Waals surface area contributed by atoms with Gasteiger partial charge in [0.1, 0.15) is 0 Å². The zero-order chi connectivity index (χ0) is 14.0. The summed E-state index contributed by atoms with van der Waals surface area (Å²) in [5.74, 6) is -0.514. The van der Waals surface area contributed by atoms with Crippen molar-refractivity contribution in [3.8, 4) is 0 Å². The molecule has 2 heterocycles. The van der Waals surface area contributed by atoms with E-state index in [-0.39, 0.29) is 23.5 Å². The van der Waals surface area contributed by atoms with Gasteiger partial charge in [-0.3, -0.25) is 14.7 Å². The Kier molecular flexibility index (Phi) is 3.73. The van der Waals surface area contributed by atoms with Crippen molar-refractivity contribution in [1.82, 2.24) is 15.1 Å². The summed E-state index contributed by atoms with van der Waals surface area (Å²) in [4.78, 5) is 25.3. The molecule has 1 aliphatic heterocycles. The predicted octanol–water partition coefficient (Wildman–Crippen LogP) is 0.326. The Labute approximate surface area is 111 Å². The van der Waals surface area contributed by atoms with E-state index in [1.54, 1.807) is 11.8 Å². The Morgan fingerprint density at radius 3 is 2.53 bits per heavy atom. The van der Waals surface area contributed by atoms with Crippen LogP contribution < -0.4 is 5.73 Å². The Balaban J connectivity index is 2.00. The maximum atomic E-state index is 12.2. The molecule has 104 valence electrons. The first-order valence-electron chi connectivity index (χ1n) is 6.22. The van der Waals surface area contributed by atoms with E-state index in [0.29, 0.717) is 37.3 Å². The zero-order valence-corrected chi connectivity index (χ0v) is 11.1. The largest absolute Gasteiger partial charge is 0.469 e. The molecule has 1 aliphatic rings. The second-order valence-corrected chi connectivity index (χ2v) is 4.70. The summed E-state index contributed by atoms with van der Waals surface area (Å²) in [5.41, 5.74) is 7.13. The SMILES string of the molecule is COC(=O)C1CCN(C(=O)c2n[nH]c(C)c2N)CC1. The second-order valence-electron chi connectivity index (χ2n) is 4.70. The number of carbonyl (C=O) groups excluding carboxylic acids is 2. The average Bonchev–Trinajstić information content (AvgIpc) is 2.77. The van der Waals surface area contributed by atoms with E-state index in [4.69, 9.17) is 10.5 Å². The van der Waals surface area contributed by atoms with Crippen LogP contribution in [0.4, 0.5) is 5.69 Å². The van der Waals surface area contributed by atoms with Crippen molar-refractivity contribution in [2.24, 2.45) is 5.92 Å². The number of rotatable bonds is 2. The number of aromatic nitrogens is 2. The number of carbonyl (C=O) groups is 2. The maximum Gasteiger partial charge on any atom is 0.308 e. The molecule has 1 fully saturated rings. The smallest absolute Gasteiger partial charge is 0.308 e. The number of likely N-dealkylation sites (tertiary alicyclic amines) is 1. The van der Waals surface area contributed by atoms with Crippen molar-refractivity contribution in [2.75, 3.05) is 25.9 Å². The number of aromatic amines is 1. The van der Waals surface area contributed by atoms with Crippen molar-refractivity contribution >= 4 is 17.6 Å². The maximum absolute atomic E-state index is 12.2. The van der Waals surface area contributed by atoms with Crippen molar-refractivity contribution in [3.05, 3.63) is 11.4 Å². The lowest BCUT2D eigenvalue weighted by molar-refractivity contribution is -0.146. The molecule has 0 saturated carbocycles. The number of ether oxygens (including phenoxy) is 1. The van der Waals surface area contributed by atoms with E-state index in [9.17, 15) is 9.59 Å². The van der Waals surface area contributed by atoms with Crippen LogP contribution in [-0.2, 0) is 9.53 Å². The normalized spacial score (nSPS) is 16.4.